The lowest BCUT2D eigenvalue weighted by Crippen LogP contribution is -2.26. The van der Waals surface area contributed by atoms with Crippen molar-refractivity contribution in [3.63, 3.8) is 0 Å². The molecule has 1 fully saturated rings. The number of nitrogens with one attached hydrogen (secondary N) is 1. The quantitative estimate of drug-likeness (QED) is 0.280. The van der Waals surface area contributed by atoms with E-state index in [0.29, 0.717) is 46.5 Å². The van der Waals surface area contributed by atoms with E-state index in [0.717, 1.165) is 0 Å². The summed E-state index contributed by atoms with van der Waals surface area (Å²) >= 11 is 6.62. The molecule has 1 N–H and O–H groups in total. The summed E-state index contributed by atoms with van der Waals surface area (Å²) in [5, 5.41) is 4.55. The molecule has 2 aromatic carbocycles. The number of aryl methyl sites for hydroxylation is 1. The second-order valence-corrected chi connectivity index (χ2v) is 9.37. The van der Waals surface area contributed by atoms with Crippen molar-refractivity contribution < 1.29 is 17.9 Å². The van der Waals surface area contributed by atoms with Crippen LogP contribution in [0.2, 0.25) is 5.02 Å². The van der Waals surface area contributed by atoms with Crippen LogP contribution in [0, 0.1) is 12.7 Å². The van der Waals surface area contributed by atoms with Crippen molar-refractivity contribution in [1.29, 1.82) is 0 Å². The first-order valence-corrected chi connectivity index (χ1v) is 11.9. The predicted octanol–water partition coefficient (Wildman–Crippen LogP) is 7.01. The van der Waals surface area contributed by atoms with E-state index >= 15 is 0 Å². The predicted molar refractivity (Wildman–Crippen MR) is 129 cm³/mol. The Bertz CT molecular complexity index is 1600. The van der Waals surface area contributed by atoms with E-state index in [1.54, 1.807) is 48.4 Å². The third kappa shape index (κ3) is 4.05. The average molecular weight is 513 g/mol. The first-order chi connectivity index (χ1) is 17.3. The van der Waals surface area contributed by atoms with Crippen molar-refractivity contribution in [2.75, 3.05) is 0 Å². The summed E-state index contributed by atoms with van der Waals surface area (Å²) in [4.78, 5) is 16.2. The van der Waals surface area contributed by atoms with E-state index in [1.165, 1.54) is 6.07 Å². The van der Waals surface area contributed by atoms with Gasteiger partial charge in [0.1, 0.15) is 27.6 Å². The van der Waals surface area contributed by atoms with Gasteiger partial charge in [0.05, 0.1) is 35.2 Å². The van der Waals surface area contributed by atoms with Gasteiger partial charge in [0, 0.05) is 24.6 Å². The molecule has 0 unspecified atom stereocenters. The standard InChI is InChI=1S/C25H20ClF3N6O/c1-13-32-17-3-5-20(22(27)24(17)33-13)36-19-4-2-16-23(21(19)26)34-18(11-30-16)14-10-31-35(12-14)15-6-8-25(28,29)9-7-15/h2-5,10-12,15H,6-9H2,1H3,(H,32,33). The van der Waals surface area contributed by atoms with Crippen LogP contribution >= 0.6 is 11.6 Å². The van der Waals surface area contributed by atoms with Crippen LogP contribution in [0.15, 0.2) is 42.9 Å². The van der Waals surface area contributed by atoms with Crippen LogP contribution in [0.25, 0.3) is 33.3 Å². The number of aromatic amines is 1. The number of aromatic nitrogens is 6. The number of H-pyrrole nitrogens is 1. The molecule has 3 heterocycles. The fourth-order valence-corrected chi connectivity index (χ4v) is 4.79. The molecule has 0 bridgehead atoms. The molecule has 36 heavy (non-hydrogen) atoms. The van der Waals surface area contributed by atoms with Crippen molar-refractivity contribution in [3.8, 4) is 22.8 Å². The molecule has 1 aliphatic carbocycles. The summed E-state index contributed by atoms with van der Waals surface area (Å²) in [6, 6.07) is 6.41. The number of nitrogens with zero attached hydrogens (tertiary/aromatic N) is 5. The second kappa shape index (κ2) is 8.48. The minimum absolute atomic E-state index is 0.0151. The van der Waals surface area contributed by atoms with E-state index < -0.39 is 11.7 Å². The molecule has 11 heteroatoms. The molecule has 0 spiro atoms. The fraction of sp³-hybridized carbons (Fsp3) is 0.280. The Kier molecular flexibility index (Phi) is 5.36. The first kappa shape index (κ1) is 22.8. The largest absolute Gasteiger partial charge is 0.453 e. The summed E-state index contributed by atoms with van der Waals surface area (Å²) in [5.74, 6) is -2.39. The van der Waals surface area contributed by atoms with Crippen molar-refractivity contribution >= 4 is 33.7 Å². The zero-order valence-electron chi connectivity index (χ0n) is 19.1. The maximum Gasteiger partial charge on any atom is 0.248 e. The monoisotopic (exact) mass is 512 g/mol. The first-order valence-electron chi connectivity index (χ1n) is 11.5. The number of fused-ring (bicyclic) bond motifs is 2. The maximum atomic E-state index is 15.0. The lowest BCUT2D eigenvalue weighted by molar-refractivity contribution is -0.0449. The fourth-order valence-electron chi connectivity index (χ4n) is 4.55. The minimum Gasteiger partial charge on any atom is -0.453 e. The van der Waals surface area contributed by atoms with Gasteiger partial charge in [-0.2, -0.15) is 5.10 Å². The highest BCUT2D eigenvalue weighted by atomic mass is 35.5. The van der Waals surface area contributed by atoms with Gasteiger partial charge in [-0.05, 0) is 44.0 Å². The number of alkyl halides is 2. The zero-order chi connectivity index (χ0) is 25.0. The van der Waals surface area contributed by atoms with Gasteiger partial charge >= 0.3 is 0 Å². The number of rotatable bonds is 4. The molecule has 1 saturated carbocycles. The highest BCUT2D eigenvalue weighted by Gasteiger charge is 2.35. The van der Waals surface area contributed by atoms with Gasteiger partial charge in [-0.1, -0.05) is 11.6 Å². The molecule has 0 radical (unpaired) electrons. The van der Waals surface area contributed by atoms with Crippen LogP contribution in [0.4, 0.5) is 13.2 Å². The number of hydrogen-bond acceptors (Lipinski definition) is 5. The van der Waals surface area contributed by atoms with Crippen molar-refractivity contribution in [2.45, 2.75) is 44.6 Å². The van der Waals surface area contributed by atoms with Crippen LogP contribution in [-0.4, -0.2) is 35.6 Å². The second-order valence-electron chi connectivity index (χ2n) is 8.99. The molecule has 3 aromatic heterocycles. The van der Waals surface area contributed by atoms with Gasteiger partial charge < -0.3 is 9.72 Å². The van der Waals surface area contributed by atoms with Gasteiger partial charge in [-0.15, -0.1) is 0 Å². The molecular formula is C25H20ClF3N6O. The van der Waals surface area contributed by atoms with E-state index in [4.69, 9.17) is 16.3 Å². The summed E-state index contributed by atoms with van der Waals surface area (Å²) in [6.45, 7) is 1.74. The molecular weight excluding hydrogens is 493 g/mol. The molecule has 7 nitrogen and oxygen atoms in total. The number of imidazole rings is 1. The van der Waals surface area contributed by atoms with Crippen molar-refractivity contribution in [1.82, 2.24) is 29.7 Å². The Balaban J connectivity index is 1.30. The lowest BCUT2D eigenvalue weighted by Gasteiger charge is -2.28. The number of hydrogen-bond donors (Lipinski definition) is 1. The molecule has 0 amide bonds. The zero-order valence-corrected chi connectivity index (χ0v) is 19.9. The van der Waals surface area contributed by atoms with Gasteiger partial charge in [0.15, 0.2) is 11.6 Å². The molecule has 6 rings (SSSR count). The van der Waals surface area contributed by atoms with E-state index in [1.807, 2.05) is 0 Å². The molecule has 0 atom stereocenters. The van der Waals surface area contributed by atoms with E-state index in [-0.39, 0.29) is 40.9 Å². The normalized spacial score (nSPS) is 16.1. The Morgan fingerprint density at radius 3 is 2.64 bits per heavy atom. The summed E-state index contributed by atoms with van der Waals surface area (Å²) in [7, 11) is 0. The molecule has 184 valence electrons. The van der Waals surface area contributed by atoms with Gasteiger partial charge in [0.25, 0.3) is 0 Å². The van der Waals surface area contributed by atoms with Gasteiger partial charge in [0.2, 0.25) is 5.92 Å². The average Bonchev–Trinajstić information content (AvgIpc) is 3.49. The van der Waals surface area contributed by atoms with Crippen LogP contribution in [0.1, 0.15) is 37.5 Å². The number of ether oxygens (including phenoxy) is 1. The number of benzene rings is 2. The lowest BCUT2D eigenvalue weighted by atomic mass is 9.92. The highest BCUT2D eigenvalue weighted by molar-refractivity contribution is 6.36. The Hall–Kier alpha value is -3.66. The third-order valence-corrected chi connectivity index (χ3v) is 6.84. The van der Waals surface area contributed by atoms with Crippen molar-refractivity contribution in [3.05, 3.63) is 59.5 Å². The van der Waals surface area contributed by atoms with Crippen LogP contribution < -0.4 is 4.74 Å². The summed E-state index contributed by atoms with van der Waals surface area (Å²) in [5.41, 5.74) is 2.89. The van der Waals surface area contributed by atoms with Crippen molar-refractivity contribution in [2.24, 2.45) is 0 Å². The van der Waals surface area contributed by atoms with Crippen LogP contribution in [-0.2, 0) is 0 Å². The Morgan fingerprint density at radius 1 is 1.06 bits per heavy atom. The topological polar surface area (TPSA) is 81.5 Å². The SMILES string of the molecule is Cc1nc2c(F)c(Oc3ccc4ncc(-c5cnn(C6CCC(F)(F)CC6)c5)nc4c3Cl)ccc2[nH]1. The Labute approximate surface area is 208 Å². The van der Waals surface area contributed by atoms with Crippen LogP contribution in [0.5, 0.6) is 11.5 Å². The number of halogens is 4. The maximum absolute atomic E-state index is 15.0. The molecule has 0 saturated heterocycles. The minimum atomic E-state index is -2.60. The molecule has 0 aliphatic heterocycles. The van der Waals surface area contributed by atoms with Gasteiger partial charge in [-0.3, -0.25) is 9.67 Å². The smallest absolute Gasteiger partial charge is 0.248 e. The van der Waals surface area contributed by atoms with Gasteiger partial charge in [-0.25, -0.2) is 23.1 Å². The highest BCUT2D eigenvalue weighted by Crippen LogP contribution is 2.39. The van der Waals surface area contributed by atoms with Crippen LogP contribution in [0.3, 0.4) is 0 Å². The third-order valence-electron chi connectivity index (χ3n) is 6.47. The van der Waals surface area contributed by atoms with E-state index in [2.05, 4.69) is 25.0 Å². The van der Waals surface area contributed by atoms with E-state index in [9.17, 15) is 13.2 Å². The Morgan fingerprint density at radius 2 is 1.83 bits per heavy atom. The molecule has 1 aliphatic rings. The summed E-state index contributed by atoms with van der Waals surface area (Å²) < 4.78 is 49.5. The summed E-state index contributed by atoms with van der Waals surface area (Å²) in [6.07, 6.45) is 5.46. The molecule has 5 aromatic rings.